The van der Waals surface area contributed by atoms with Crippen LogP contribution in [-0.4, -0.2) is 34.3 Å². The first kappa shape index (κ1) is 15.3. The third kappa shape index (κ3) is 2.92. The van der Waals surface area contributed by atoms with E-state index in [9.17, 15) is 0 Å². The van der Waals surface area contributed by atoms with E-state index >= 15 is 0 Å². The zero-order valence-corrected chi connectivity index (χ0v) is 14.4. The molecule has 0 amide bonds. The molecule has 0 radical (unpaired) electrons. The summed E-state index contributed by atoms with van der Waals surface area (Å²) in [4.78, 5) is 11.2. The largest absolute Gasteiger partial charge is 0.367 e. The van der Waals surface area contributed by atoms with Crippen LogP contribution >= 0.6 is 11.3 Å². The summed E-state index contributed by atoms with van der Waals surface area (Å²) in [5.41, 5.74) is 2.07. The molecule has 6 nitrogen and oxygen atoms in total. The molecule has 1 aliphatic heterocycles. The molecule has 0 aromatic carbocycles. The minimum Gasteiger partial charge on any atom is -0.367 e. The Hall–Kier alpha value is -2.25. The van der Waals surface area contributed by atoms with E-state index in [1.54, 1.807) is 17.5 Å². The van der Waals surface area contributed by atoms with Crippen molar-refractivity contribution in [2.45, 2.75) is 26.1 Å². The molecule has 1 aliphatic rings. The average Bonchev–Trinajstić information content (AvgIpc) is 3.26. The van der Waals surface area contributed by atoms with Crippen molar-refractivity contribution in [1.29, 1.82) is 0 Å². The highest BCUT2D eigenvalue weighted by atomic mass is 32.1. The van der Waals surface area contributed by atoms with E-state index in [1.807, 2.05) is 19.1 Å². The lowest BCUT2D eigenvalue weighted by Crippen LogP contribution is -2.43. The SMILES string of the molecule is Cc1noc(-c2cccnc2N2C[C@@H](c3ccsc3)O[C@@H](C)C2)n1. The molecule has 124 valence electrons. The van der Waals surface area contributed by atoms with Crippen LogP contribution in [0.3, 0.4) is 0 Å². The van der Waals surface area contributed by atoms with E-state index in [0.717, 1.165) is 24.5 Å². The Kier molecular flexibility index (Phi) is 4.03. The number of rotatable bonds is 3. The Balaban J connectivity index is 1.68. The van der Waals surface area contributed by atoms with Crippen molar-refractivity contribution in [3.8, 4) is 11.5 Å². The van der Waals surface area contributed by atoms with E-state index in [2.05, 4.69) is 43.8 Å². The normalized spacial score (nSPS) is 21.2. The summed E-state index contributed by atoms with van der Waals surface area (Å²) in [5, 5.41) is 8.11. The zero-order valence-electron chi connectivity index (χ0n) is 13.5. The van der Waals surface area contributed by atoms with Gasteiger partial charge < -0.3 is 14.2 Å². The van der Waals surface area contributed by atoms with Crippen LogP contribution in [0, 0.1) is 6.92 Å². The van der Waals surface area contributed by atoms with Gasteiger partial charge in [0.2, 0.25) is 0 Å². The van der Waals surface area contributed by atoms with Crippen LogP contribution in [0.25, 0.3) is 11.5 Å². The van der Waals surface area contributed by atoms with Crippen LogP contribution in [0.5, 0.6) is 0 Å². The molecule has 4 rings (SSSR count). The van der Waals surface area contributed by atoms with Gasteiger partial charge in [-0.1, -0.05) is 5.16 Å². The predicted molar refractivity (Wildman–Crippen MR) is 92.1 cm³/mol. The van der Waals surface area contributed by atoms with Gasteiger partial charge in [-0.25, -0.2) is 4.98 Å². The van der Waals surface area contributed by atoms with Crippen molar-refractivity contribution in [3.63, 3.8) is 0 Å². The molecule has 0 aliphatic carbocycles. The number of ether oxygens (including phenoxy) is 1. The molecular formula is C17H18N4O2S. The molecule has 0 N–H and O–H groups in total. The van der Waals surface area contributed by atoms with Crippen LogP contribution in [0.2, 0.25) is 0 Å². The number of nitrogens with zero attached hydrogens (tertiary/aromatic N) is 4. The molecule has 3 aromatic heterocycles. The number of hydrogen-bond acceptors (Lipinski definition) is 7. The zero-order chi connectivity index (χ0) is 16.5. The van der Waals surface area contributed by atoms with Gasteiger partial charge in [0.05, 0.1) is 11.7 Å². The number of morpholine rings is 1. The van der Waals surface area contributed by atoms with Crippen LogP contribution in [-0.2, 0) is 4.74 Å². The van der Waals surface area contributed by atoms with Gasteiger partial charge in [-0.05, 0) is 48.4 Å². The van der Waals surface area contributed by atoms with E-state index in [-0.39, 0.29) is 12.2 Å². The van der Waals surface area contributed by atoms with Gasteiger partial charge in [-0.2, -0.15) is 16.3 Å². The first-order chi connectivity index (χ1) is 11.7. The standard InChI is InChI=1S/C17H18N4O2S/c1-11-8-21(9-15(22-11)13-5-7-24-10-13)16-14(4-3-6-18-16)17-19-12(2)20-23-17/h3-7,10-11,15H,8-9H2,1-2H3/t11-,15-/m0/s1. The predicted octanol–water partition coefficient (Wildman–Crippen LogP) is 3.47. The fourth-order valence-electron chi connectivity index (χ4n) is 2.99. The quantitative estimate of drug-likeness (QED) is 0.726. The van der Waals surface area contributed by atoms with Crippen molar-refractivity contribution in [2.24, 2.45) is 0 Å². The summed E-state index contributed by atoms with van der Waals surface area (Å²) in [6.07, 6.45) is 1.95. The van der Waals surface area contributed by atoms with Gasteiger partial charge in [0.1, 0.15) is 11.9 Å². The van der Waals surface area contributed by atoms with Crippen molar-refractivity contribution < 1.29 is 9.26 Å². The van der Waals surface area contributed by atoms with Gasteiger partial charge >= 0.3 is 0 Å². The first-order valence-corrected chi connectivity index (χ1v) is 8.83. The maximum absolute atomic E-state index is 6.12. The molecular weight excluding hydrogens is 324 g/mol. The lowest BCUT2D eigenvalue weighted by Gasteiger charge is -2.37. The lowest BCUT2D eigenvalue weighted by molar-refractivity contribution is -0.0173. The molecule has 4 heterocycles. The summed E-state index contributed by atoms with van der Waals surface area (Å²) in [5.74, 6) is 1.98. The second-order valence-corrected chi connectivity index (χ2v) is 6.70. The molecule has 7 heteroatoms. The van der Waals surface area contributed by atoms with Gasteiger partial charge in [-0.15, -0.1) is 0 Å². The molecule has 2 atom stereocenters. The number of pyridine rings is 1. The molecule has 0 bridgehead atoms. The molecule has 1 saturated heterocycles. The summed E-state index contributed by atoms with van der Waals surface area (Å²) in [6, 6.07) is 5.97. The van der Waals surface area contributed by atoms with Crippen molar-refractivity contribution >= 4 is 17.2 Å². The monoisotopic (exact) mass is 342 g/mol. The van der Waals surface area contributed by atoms with Crippen LogP contribution in [0.1, 0.15) is 24.4 Å². The number of thiophene rings is 1. The van der Waals surface area contributed by atoms with Gasteiger partial charge in [0.15, 0.2) is 5.82 Å². The minimum atomic E-state index is 0.0410. The summed E-state index contributed by atoms with van der Waals surface area (Å²) in [6.45, 7) is 5.42. The number of aromatic nitrogens is 3. The molecule has 0 unspecified atom stereocenters. The third-order valence-corrected chi connectivity index (χ3v) is 4.72. The van der Waals surface area contributed by atoms with Crippen LogP contribution in [0.4, 0.5) is 5.82 Å². The first-order valence-electron chi connectivity index (χ1n) is 7.89. The van der Waals surface area contributed by atoms with Crippen LogP contribution < -0.4 is 4.90 Å². The van der Waals surface area contributed by atoms with E-state index in [4.69, 9.17) is 9.26 Å². The Bertz CT molecular complexity index is 818. The van der Waals surface area contributed by atoms with E-state index in [0.29, 0.717) is 11.7 Å². The van der Waals surface area contributed by atoms with E-state index < -0.39 is 0 Å². The fourth-order valence-corrected chi connectivity index (χ4v) is 3.69. The Morgan fingerprint density at radius 1 is 1.29 bits per heavy atom. The van der Waals surface area contributed by atoms with Gasteiger partial charge in [0.25, 0.3) is 5.89 Å². The smallest absolute Gasteiger partial charge is 0.261 e. The van der Waals surface area contributed by atoms with Gasteiger partial charge in [-0.3, -0.25) is 0 Å². The van der Waals surface area contributed by atoms with E-state index in [1.165, 1.54) is 5.56 Å². The lowest BCUT2D eigenvalue weighted by atomic mass is 10.1. The second-order valence-electron chi connectivity index (χ2n) is 5.92. The van der Waals surface area contributed by atoms with Crippen molar-refractivity contribution in [1.82, 2.24) is 15.1 Å². The average molecular weight is 342 g/mol. The Morgan fingerprint density at radius 3 is 2.96 bits per heavy atom. The maximum Gasteiger partial charge on any atom is 0.261 e. The number of anilines is 1. The highest BCUT2D eigenvalue weighted by Crippen LogP contribution is 2.33. The summed E-state index contributed by atoms with van der Waals surface area (Å²) < 4.78 is 11.5. The number of aryl methyl sites for hydroxylation is 1. The Labute approximate surface area is 144 Å². The molecule has 1 fully saturated rings. The topological polar surface area (TPSA) is 64.3 Å². The second kappa shape index (κ2) is 6.33. The molecule has 3 aromatic rings. The fraction of sp³-hybridized carbons (Fsp3) is 0.353. The number of hydrogen-bond donors (Lipinski definition) is 0. The third-order valence-electron chi connectivity index (χ3n) is 4.02. The highest BCUT2D eigenvalue weighted by Gasteiger charge is 2.29. The van der Waals surface area contributed by atoms with Crippen molar-refractivity contribution in [3.05, 3.63) is 46.5 Å². The summed E-state index contributed by atoms with van der Waals surface area (Å²) >= 11 is 1.69. The minimum absolute atomic E-state index is 0.0410. The van der Waals surface area contributed by atoms with Crippen molar-refractivity contribution in [2.75, 3.05) is 18.0 Å². The van der Waals surface area contributed by atoms with Crippen LogP contribution in [0.15, 0.2) is 39.7 Å². The highest BCUT2D eigenvalue weighted by molar-refractivity contribution is 7.07. The Morgan fingerprint density at radius 2 is 2.21 bits per heavy atom. The molecule has 24 heavy (non-hydrogen) atoms. The van der Waals surface area contributed by atoms with Gasteiger partial charge in [0, 0.05) is 19.3 Å². The molecule has 0 spiro atoms. The molecule has 0 saturated carbocycles. The summed E-state index contributed by atoms with van der Waals surface area (Å²) in [7, 11) is 0. The maximum atomic E-state index is 6.12.